The maximum atomic E-state index is 12.5. The third-order valence-corrected chi connectivity index (χ3v) is 5.74. The summed E-state index contributed by atoms with van der Waals surface area (Å²) >= 11 is 1.36. The molecular weight excluding hydrogens is 380 g/mol. The second kappa shape index (κ2) is 8.53. The van der Waals surface area contributed by atoms with E-state index >= 15 is 0 Å². The number of fused-ring (bicyclic) bond motifs is 1. The van der Waals surface area contributed by atoms with Gasteiger partial charge in [-0.15, -0.1) is 11.3 Å². The average molecular weight is 402 g/mol. The number of nitrogens with two attached hydrogens (primary N) is 1. The molecule has 0 unspecified atom stereocenters. The standard InChI is InChI=1S/C20H22N2O5S/c1-11(27-20(25)13-6-3-5-12(9-13)10-26-2)18(24)22-19-16(17(21)23)14-7-4-8-15(14)28-19/h3,5-6,9,11H,4,7-8,10H2,1-2H3,(H2,21,23)(H,22,24)/t11-/m0/s1. The molecule has 2 aromatic rings. The van der Waals surface area contributed by atoms with Crippen molar-refractivity contribution >= 4 is 34.1 Å². The van der Waals surface area contributed by atoms with E-state index in [2.05, 4.69) is 5.32 Å². The second-order valence-corrected chi connectivity index (χ2v) is 7.70. The lowest BCUT2D eigenvalue weighted by molar-refractivity contribution is -0.123. The number of benzene rings is 1. The van der Waals surface area contributed by atoms with Crippen LogP contribution in [0.3, 0.4) is 0 Å². The molecule has 1 aromatic carbocycles. The fourth-order valence-corrected chi connectivity index (χ4v) is 4.50. The number of carbonyl (C=O) groups excluding carboxylic acids is 3. The number of carbonyl (C=O) groups is 3. The Morgan fingerprint density at radius 3 is 2.79 bits per heavy atom. The number of rotatable bonds is 7. The molecule has 2 amide bonds. The average Bonchev–Trinajstić information content (AvgIpc) is 3.22. The van der Waals surface area contributed by atoms with Gasteiger partial charge < -0.3 is 20.5 Å². The number of thiophene rings is 1. The molecule has 1 aliphatic rings. The number of amides is 2. The van der Waals surface area contributed by atoms with Gasteiger partial charge in [0.05, 0.1) is 17.7 Å². The Kier molecular flexibility index (Phi) is 6.11. The van der Waals surface area contributed by atoms with E-state index in [1.54, 1.807) is 25.3 Å². The molecule has 1 aliphatic carbocycles. The molecule has 7 nitrogen and oxygen atoms in total. The molecule has 148 valence electrons. The summed E-state index contributed by atoms with van der Waals surface area (Å²) in [5.74, 6) is -1.68. The second-order valence-electron chi connectivity index (χ2n) is 6.60. The van der Waals surface area contributed by atoms with Crippen LogP contribution in [0.2, 0.25) is 0 Å². The Hall–Kier alpha value is -2.71. The topological polar surface area (TPSA) is 108 Å². The van der Waals surface area contributed by atoms with Gasteiger partial charge in [0.15, 0.2) is 6.10 Å². The van der Waals surface area contributed by atoms with Gasteiger partial charge in [-0.2, -0.15) is 0 Å². The van der Waals surface area contributed by atoms with Crippen LogP contribution >= 0.6 is 11.3 Å². The Labute approximate surface area is 166 Å². The van der Waals surface area contributed by atoms with E-state index < -0.39 is 23.9 Å². The van der Waals surface area contributed by atoms with Crippen molar-refractivity contribution in [2.24, 2.45) is 5.73 Å². The lowest BCUT2D eigenvalue weighted by atomic mass is 10.1. The number of anilines is 1. The van der Waals surface area contributed by atoms with Crippen LogP contribution in [-0.2, 0) is 33.7 Å². The number of esters is 1. The molecule has 1 aromatic heterocycles. The minimum Gasteiger partial charge on any atom is -0.449 e. The van der Waals surface area contributed by atoms with Crippen LogP contribution in [0.4, 0.5) is 5.00 Å². The molecule has 0 radical (unpaired) electrons. The summed E-state index contributed by atoms with van der Waals surface area (Å²) in [6.45, 7) is 1.85. The van der Waals surface area contributed by atoms with E-state index in [0.717, 1.165) is 35.3 Å². The van der Waals surface area contributed by atoms with Gasteiger partial charge in [-0.05, 0) is 49.4 Å². The smallest absolute Gasteiger partial charge is 0.338 e. The Morgan fingerprint density at radius 1 is 1.29 bits per heavy atom. The van der Waals surface area contributed by atoms with Crippen LogP contribution in [-0.4, -0.2) is 31.0 Å². The van der Waals surface area contributed by atoms with Crippen molar-refractivity contribution < 1.29 is 23.9 Å². The highest BCUT2D eigenvalue weighted by molar-refractivity contribution is 7.17. The minimum absolute atomic E-state index is 0.335. The molecule has 28 heavy (non-hydrogen) atoms. The van der Waals surface area contributed by atoms with Crippen LogP contribution in [0.15, 0.2) is 24.3 Å². The van der Waals surface area contributed by atoms with Crippen molar-refractivity contribution in [1.82, 2.24) is 0 Å². The molecule has 8 heteroatoms. The number of ether oxygens (including phenoxy) is 2. The maximum Gasteiger partial charge on any atom is 0.338 e. The van der Waals surface area contributed by atoms with E-state index in [9.17, 15) is 14.4 Å². The van der Waals surface area contributed by atoms with Crippen molar-refractivity contribution in [2.75, 3.05) is 12.4 Å². The van der Waals surface area contributed by atoms with Crippen molar-refractivity contribution in [2.45, 2.75) is 38.9 Å². The van der Waals surface area contributed by atoms with E-state index in [1.807, 2.05) is 6.07 Å². The van der Waals surface area contributed by atoms with Gasteiger partial charge in [-0.3, -0.25) is 9.59 Å². The summed E-state index contributed by atoms with van der Waals surface area (Å²) < 4.78 is 10.3. The summed E-state index contributed by atoms with van der Waals surface area (Å²) in [6.07, 6.45) is 1.60. The number of aryl methyl sites for hydroxylation is 1. The van der Waals surface area contributed by atoms with Gasteiger partial charge in [0.1, 0.15) is 5.00 Å². The quantitative estimate of drug-likeness (QED) is 0.692. The van der Waals surface area contributed by atoms with E-state index in [4.69, 9.17) is 15.2 Å². The van der Waals surface area contributed by atoms with Crippen LogP contribution in [0.1, 0.15) is 50.1 Å². The van der Waals surface area contributed by atoms with Crippen molar-refractivity contribution in [3.8, 4) is 0 Å². The first-order chi connectivity index (χ1) is 13.4. The van der Waals surface area contributed by atoms with E-state index in [-0.39, 0.29) is 0 Å². The van der Waals surface area contributed by atoms with Crippen LogP contribution in [0.5, 0.6) is 0 Å². The molecule has 3 N–H and O–H groups in total. The first-order valence-electron chi connectivity index (χ1n) is 8.94. The maximum absolute atomic E-state index is 12.5. The highest BCUT2D eigenvalue weighted by atomic mass is 32.1. The molecule has 3 rings (SSSR count). The molecule has 0 fully saturated rings. The molecule has 0 saturated carbocycles. The van der Waals surface area contributed by atoms with E-state index in [1.165, 1.54) is 18.3 Å². The van der Waals surface area contributed by atoms with Gasteiger partial charge >= 0.3 is 5.97 Å². The normalized spacial score (nSPS) is 13.6. The molecular formula is C20H22N2O5S. The fourth-order valence-electron chi connectivity index (χ4n) is 3.20. The predicted octanol–water partition coefficient (Wildman–Crippen LogP) is 2.67. The van der Waals surface area contributed by atoms with Gasteiger partial charge in [0.2, 0.25) is 0 Å². The number of hydrogen-bond acceptors (Lipinski definition) is 6. The van der Waals surface area contributed by atoms with Crippen molar-refractivity contribution in [3.05, 3.63) is 51.4 Å². The lowest BCUT2D eigenvalue weighted by Crippen LogP contribution is -2.30. The Bertz CT molecular complexity index is 921. The number of methoxy groups -OCH3 is 1. The highest BCUT2D eigenvalue weighted by Crippen LogP contribution is 2.38. The summed E-state index contributed by atoms with van der Waals surface area (Å²) in [7, 11) is 1.57. The van der Waals surface area contributed by atoms with Gasteiger partial charge in [-0.25, -0.2) is 4.79 Å². The molecule has 1 heterocycles. The molecule has 0 aliphatic heterocycles. The lowest BCUT2D eigenvalue weighted by Gasteiger charge is -2.14. The van der Waals surface area contributed by atoms with E-state index in [0.29, 0.717) is 22.7 Å². The van der Waals surface area contributed by atoms with Crippen LogP contribution in [0, 0.1) is 0 Å². The van der Waals surface area contributed by atoms with Gasteiger partial charge in [-0.1, -0.05) is 12.1 Å². The summed E-state index contributed by atoms with van der Waals surface area (Å²) in [5, 5.41) is 3.11. The zero-order chi connectivity index (χ0) is 20.3. The summed E-state index contributed by atoms with van der Waals surface area (Å²) in [5.41, 5.74) is 7.96. The monoisotopic (exact) mass is 402 g/mol. The van der Waals surface area contributed by atoms with Crippen LogP contribution in [0.25, 0.3) is 0 Å². The molecule has 0 spiro atoms. The Balaban J connectivity index is 1.68. The minimum atomic E-state index is -1.03. The summed E-state index contributed by atoms with van der Waals surface area (Å²) in [6, 6.07) is 6.83. The third kappa shape index (κ3) is 4.23. The SMILES string of the molecule is COCc1cccc(C(=O)O[C@@H](C)C(=O)Nc2sc3c(c2C(N)=O)CCC3)c1. The number of nitrogens with one attached hydrogen (secondary N) is 1. The summed E-state index contributed by atoms with van der Waals surface area (Å²) in [4.78, 5) is 37.7. The fraction of sp³-hybridized carbons (Fsp3) is 0.350. The van der Waals surface area contributed by atoms with Crippen molar-refractivity contribution in [1.29, 1.82) is 0 Å². The third-order valence-electron chi connectivity index (χ3n) is 4.53. The number of hydrogen-bond donors (Lipinski definition) is 2. The zero-order valence-electron chi connectivity index (χ0n) is 15.7. The first kappa shape index (κ1) is 20.0. The predicted molar refractivity (Wildman–Crippen MR) is 106 cm³/mol. The first-order valence-corrected chi connectivity index (χ1v) is 9.76. The molecule has 1 atom stereocenters. The Morgan fingerprint density at radius 2 is 2.07 bits per heavy atom. The molecule has 0 saturated heterocycles. The van der Waals surface area contributed by atoms with Crippen molar-refractivity contribution in [3.63, 3.8) is 0 Å². The van der Waals surface area contributed by atoms with Crippen LogP contribution < -0.4 is 11.1 Å². The largest absolute Gasteiger partial charge is 0.449 e. The van der Waals surface area contributed by atoms with Gasteiger partial charge in [0, 0.05) is 12.0 Å². The zero-order valence-corrected chi connectivity index (χ0v) is 16.6. The van der Waals surface area contributed by atoms with Gasteiger partial charge in [0.25, 0.3) is 11.8 Å². The highest BCUT2D eigenvalue weighted by Gasteiger charge is 2.28. The molecule has 0 bridgehead atoms. The number of primary amides is 1.